The third-order valence-corrected chi connectivity index (χ3v) is 3.45. The zero-order chi connectivity index (χ0) is 15.8. The minimum Gasteiger partial charge on any atom is -0.333 e. The van der Waals surface area contributed by atoms with E-state index < -0.39 is 24.0 Å². The number of hydrogen-bond donors (Lipinski definition) is 1. The van der Waals surface area contributed by atoms with Crippen molar-refractivity contribution in [1.82, 2.24) is 4.90 Å². The van der Waals surface area contributed by atoms with Crippen molar-refractivity contribution in [3.63, 3.8) is 0 Å². The quantitative estimate of drug-likeness (QED) is 0.709. The van der Waals surface area contributed by atoms with Crippen LogP contribution in [-0.2, 0) is 4.79 Å². The van der Waals surface area contributed by atoms with E-state index in [0.717, 1.165) is 17.7 Å². The van der Waals surface area contributed by atoms with Crippen molar-refractivity contribution in [2.24, 2.45) is 11.1 Å². The highest BCUT2D eigenvalue weighted by atomic mass is 19.4. The summed E-state index contributed by atoms with van der Waals surface area (Å²) in [7, 11) is 0. The first-order valence-electron chi connectivity index (χ1n) is 7.32. The molecule has 120 valence electrons. The van der Waals surface area contributed by atoms with Crippen LogP contribution < -0.4 is 5.73 Å². The van der Waals surface area contributed by atoms with E-state index in [0.29, 0.717) is 19.3 Å². The van der Waals surface area contributed by atoms with Gasteiger partial charge in [0.2, 0.25) is 5.91 Å². The number of carbonyl (C=O) groups excluding carboxylic acids is 1. The number of nitrogens with zero attached hydrogens (tertiary/aromatic N) is 1. The van der Waals surface area contributed by atoms with Crippen LogP contribution in [-0.4, -0.2) is 36.6 Å². The Morgan fingerprint density at radius 3 is 1.85 bits per heavy atom. The fourth-order valence-corrected chi connectivity index (χ4v) is 2.66. The van der Waals surface area contributed by atoms with Crippen LogP contribution in [0.1, 0.15) is 52.9 Å². The molecule has 0 aliphatic heterocycles. The lowest BCUT2D eigenvalue weighted by atomic mass is 9.78. The molecule has 3 nitrogen and oxygen atoms in total. The maximum Gasteiger partial charge on any atom is 0.406 e. The molecule has 0 unspecified atom stereocenters. The third kappa shape index (κ3) is 5.69. The molecular formula is C14H27F3N2O. The maximum absolute atomic E-state index is 12.6. The summed E-state index contributed by atoms with van der Waals surface area (Å²) < 4.78 is 37.9. The molecule has 0 heterocycles. The molecule has 0 bridgehead atoms. The molecule has 0 aromatic heterocycles. The molecule has 0 saturated heterocycles. The molecule has 0 spiro atoms. The first-order chi connectivity index (χ1) is 9.26. The van der Waals surface area contributed by atoms with Crippen molar-refractivity contribution >= 4 is 5.91 Å². The second kappa shape index (κ2) is 8.49. The van der Waals surface area contributed by atoms with Gasteiger partial charge < -0.3 is 10.6 Å². The van der Waals surface area contributed by atoms with Gasteiger partial charge in [0.15, 0.2) is 0 Å². The molecule has 2 N–H and O–H groups in total. The number of halogens is 3. The van der Waals surface area contributed by atoms with Gasteiger partial charge in [-0.05, 0) is 19.3 Å². The van der Waals surface area contributed by atoms with E-state index in [9.17, 15) is 18.0 Å². The molecule has 6 heteroatoms. The smallest absolute Gasteiger partial charge is 0.333 e. The Kier molecular flexibility index (Phi) is 8.16. The second-order valence-corrected chi connectivity index (χ2v) is 5.33. The van der Waals surface area contributed by atoms with Crippen LogP contribution >= 0.6 is 0 Å². The van der Waals surface area contributed by atoms with Crippen LogP contribution in [0.2, 0.25) is 0 Å². The zero-order valence-corrected chi connectivity index (χ0v) is 12.7. The molecule has 0 fully saturated rings. The molecule has 0 atom stereocenters. The Hall–Kier alpha value is -0.780. The number of hydrogen-bond acceptors (Lipinski definition) is 2. The van der Waals surface area contributed by atoms with E-state index >= 15 is 0 Å². The lowest BCUT2D eigenvalue weighted by Crippen LogP contribution is -2.51. The van der Waals surface area contributed by atoms with E-state index in [1.54, 1.807) is 6.92 Å². The predicted octanol–water partition coefficient (Wildman–Crippen LogP) is 3.33. The van der Waals surface area contributed by atoms with Gasteiger partial charge in [-0.3, -0.25) is 4.79 Å². The van der Waals surface area contributed by atoms with Crippen LogP contribution in [0.25, 0.3) is 0 Å². The number of rotatable bonds is 9. The summed E-state index contributed by atoms with van der Waals surface area (Å²) in [5.74, 6) is -0.442. The minimum atomic E-state index is -4.37. The molecule has 0 aromatic carbocycles. The van der Waals surface area contributed by atoms with Crippen molar-refractivity contribution in [2.45, 2.75) is 59.1 Å². The molecule has 0 aliphatic rings. The number of nitrogens with two attached hydrogens (primary N) is 1. The number of carbonyl (C=O) groups is 1. The summed E-state index contributed by atoms with van der Waals surface area (Å²) in [6.07, 6.45) is -1.34. The summed E-state index contributed by atoms with van der Waals surface area (Å²) in [6.45, 7) is 4.64. The molecule has 0 rings (SSSR count). The Labute approximate surface area is 119 Å². The SMILES string of the molecule is CCCN(CC(F)(F)F)C(=O)C(CN)(CCC)CCC. The Balaban J connectivity index is 5.23. The van der Waals surface area contributed by atoms with E-state index in [1.165, 1.54) is 0 Å². The molecule has 0 radical (unpaired) electrons. The van der Waals surface area contributed by atoms with Crippen molar-refractivity contribution in [1.29, 1.82) is 0 Å². The van der Waals surface area contributed by atoms with Gasteiger partial charge in [-0.15, -0.1) is 0 Å². The fourth-order valence-electron chi connectivity index (χ4n) is 2.66. The topological polar surface area (TPSA) is 46.3 Å². The fraction of sp³-hybridized carbons (Fsp3) is 0.929. The first kappa shape index (κ1) is 19.2. The van der Waals surface area contributed by atoms with E-state index in [-0.39, 0.29) is 13.1 Å². The molecule has 1 amide bonds. The number of alkyl halides is 3. The number of amides is 1. The van der Waals surface area contributed by atoms with Gasteiger partial charge in [-0.25, -0.2) is 0 Å². The van der Waals surface area contributed by atoms with E-state index in [2.05, 4.69) is 0 Å². The van der Waals surface area contributed by atoms with Crippen LogP contribution in [0.4, 0.5) is 13.2 Å². The van der Waals surface area contributed by atoms with E-state index in [4.69, 9.17) is 5.73 Å². The van der Waals surface area contributed by atoms with Crippen LogP contribution in [0.3, 0.4) is 0 Å². The van der Waals surface area contributed by atoms with Gasteiger partial charge in [-0.2, -0.15) is 13.2 Å². The Bertz CT molecular complexity index is 287. The van der Waals surface area contributed by atoms with Gasteiger partial charge in [0.05, 0.1) is 5.41 Å². The molecule has 20 heavy (non-hydrogen) atoms. The minimum absolute atomic E-state index is 0.103. The van der Waals surface area contributed by atoms with Gasteiger partial charge in [0.1, 0.15) is 6.54 Å². The molecule has 0 aromatic rings. The summed E-state index contributed by atoms with van der Waals surface area (Å²) in [4.78, 5) is 13.5. The normalized spacial score (nSPS) is 12.6. The average Bonchev–Trinajstić information content (AvgIpc) is 2.35. The highest BCUT2D eigenvalue weighted by Gasteiger charge is 2.41. The van der Waals surface area contributed by atoms with Gasteiger partial charge in [0.25, 0.3) is 0 Å². The van der Waals surface area contributed by atoms with Crippen molar-refractivity contribution in [2.75, 3.05) is 19.6 Å². The van der Waals surface area contributed by atoms with Crippen molar-refractivity contribution < 1.29 is 18.0 Å². The molecule has 0 saturated carbocycles. The van der Waals surface area contributed by atoms with E-state index in [1.807, 2.05) is 13.8 Å². The highest BCUT2D eigenvalue weighted by Crippen LogP contribution is 2.32. The van der Waals surface area contributed by atoms with Crippen LogP contribution in [0, 0.1) is 5.41 Å². The molecule has 0 aliphatic carbocycles. The van der Waals surface area contributed by atoms with Crippen molar-refractivity contribution in [3.05, 3.63) is 0 Å². The zero-order valence-electron chi connectivity index (χ0n) is 12.7. The lowest BCUT2D eigenvalue weighted by Gasteiger charge is -2.36. The highest BCUT2D eigenvalue weighted by molar-refractivity contribution is 5.83. The Morgan fingerprint density at radius 1 is 1.05 bits per heavy atom. The monoisotopic (exact) mass is 296 g/mol. The summed E-state index contributed by atoms with van der Waals surface area (Å²) in [5.41, 5.74) is 4.91. The second-order valence-electron chi connectivity index (χ2n) is 5.33. The third-order valence-electron chi connectivity index (χ3n) is 3.45. The van der Waals surface area contributed by atoms with Gasteiger partial charge >= 0.3 is 6.18 Å². The maximum atomic E-state index is 12.6. The summed E-state index contributed by atoms with van der Waals surface area (Å²) >= 11 is 0. The first-order valence-corrected chi connectivity index (χ1v) is 7.32. The van der Waals surface area contributed by atoms with Gasteiger partial charge in [-0.1, -0.05) is 33.6 Å². The summed E-state index contributed by atoms with van der Waals surface area (Å²) in [6, 6.07) is 0. The molecular weight excluding hydrogens is 269 g/mol. The standard InChI is InChI=1S/C14H27F3N2O/c1-4-7-13(10-18,8-5-2)12(20)19(9-6-3)11-14(15,16)17/h4-11,18H2,1-3H3. The predicted molar refractivity (Wildman–Crippen MR) is 74.2 cm³/mol. The largest absolute Gasteiger partial charge is 0.406 e. The Morgan fingerprint density at radius 2 is 1.55 bits per heavy atom. The van der Waals surface area contributed by atoms with Crippen LogP contribution in [0.15, 0.2) is 0 Å². The summed E-state index contributed by atoms with van der Waals surface area (Å²) in [5, 5.41) is 0. The average molecular weight is 296 g/mol. The van der Waals surface area contributed by atoms with Crippen molar-refractivity contribution in [3.8, 4) is 0 Å². The van der Waals surface area contributed by atoms with Crippen LogP contribution in [0.5, 0.6) is 0 Å². The lowest BCUT2D eigenvalue weighted by molar-refractivity contribution is -0.168. The van der Waals surface area contributed by atoms with Gasteiger partial charge in [0, 0.05) is 13.1 Å².